The number of rotatable bonds is 5. The molecule has 0 saturated heterocycles. The molecule has 1 atom stereocenters. The van der Waals surface area contributed by atoms with E-state index in [0.717, 1.165) is 10.0 Å². The Morgan fingerprint density at radius 1 is 1.19 bits per heavy atom. The van der Waals surface area contributed by atoms with Gasteiger partial charge in [-0.05, 0) is 42.8 Å². The van der Waals surface area contributed by atoms with Crippen LogP contribution in [0.2, 0.25) is 0 Å². The molecule has 0 aliphatic rings. The van der Waals surface area contributed by atoms with Crippen molar-refractivity contribution in [3.8, 4) is 11.5 Å². The van der Waals surface area contributed by atoms with Crippen LogP contribution in [0.1, 0.15) is 24.2 Å². The fourth-order valence-corrected chi connectivity index (χ4v) is 2.28. The highest BCUT2D eigenvalue weighted by atomic mass is 79.9. The lowest BCUT2D eigenvalue weighted by molar-refractivity contribution is 0.198. The van der Waals surface area contributed by atoms with Crippen LogP contribution in [0.15, 0.2) is 40.9 Å². The molecule has 21 heavy (non-hydrogen) atoms. The molecule has 0 aromatic heterocycles. The van der Waals surface area contributed by atoms with Crippen molar-refractivity contribution < 1.29 is 19.0 Å². The Balaban J connectivity index is 2.18. The predicted molar refractivity (Wildman–Crippen MR) is 82.1 cm³/mol. The molecule has 3 nitrogen and oxygen atoms in total. The molecule has 0 radical (unpaired) electrons. The fourth-order valence-electron chi connectivity index (χ4n) is 1.87. The SMILES string of the molecule is COc1cc(C(C)O)ccc1OCc1cc(Br)ccc1F. The van der Waals surface area contributed by atoms with Gasteiger partial charge in [0.2, 0.25) is 0 Å². The standard InChI is InChI=1S/C16H16BrFO3/c1-10(19)11-3-6-15(16(8-11)20-2)21-9-12-7-13(17)4-5-14(12)18/h3-8,10,19H,9H2,1-2H3. The smallest absolute Gasteiger partial charge is 0.161 e. The fraction of sp³-hybridized carbons (Fsp3) is 0.250. The highest BCUT2D eigenvalue weighted by Gasteiger charge is 2.10. The van der Waals surface area contributed by atoms with Gasteiger partial charge in [0, 0.05) is 10.0 Å². The zero-order chi connectivity index (χ0) is 15.4. The summed E-state index contributed by atoms with van der Waals surface area (Å²) < 4.78 is 25.3. The van der Waals surface area contributed by atoms with Crippen molar-refractivity contribution in [2.75, 3.05) is 7.11 Å². The Hall–Kier alpha value is -1.59. The molecular weight excluding hydrogens is 339 g/mol. The van der Waals surface area contributed by atoms with E-state index in [1.165, 1.54) is 13.2 Å². The number of aliphatic hydroxyl groups excluding tert-OH is 1. The molecule has 0 saturated carbocycles. The molecular formula is C16H16BrFO3. The van der Waals surface area contributed by atoms with Crippen LogP contribution in [0.3, 0.4) is 0 Å². The third-order valence-electron chi connectivity index (χ3n) is 3.06. The topological polar surface area (TPSA) is 38.7 Å². The largest absolute Gasteiger partial charge is 0.493 e. The van der Waals surface area contributed by atoms with Crippen molar-refractivity contribution in [1.29, 1.82) is 0 Å². The van der Waals surface area contributed by atoms with Crippen molar-refractivity contribution in [1.82, 2.24) is 0 Å². The molecule has 0 spiro atoms. The second kappa shape index (κ2) is 6.91. The number of halogens is 2. The average molecular weight is 355 g/mol. The monoisotopic (exact) mass is 354 g/mol. The maximum absolute atomic E-state index is 13.7. The summed E-state index contributed by atoms with van der Waals surface area (Å²) in [4.78, 5) is 0. The third-order valence-corrected chi connectivity index (χ3v) is 3.55. The van der Waals surface area contributed by atoms with Crippen LogP contribution in [0, 0.1) is 5.82 Å². The zero-order valence-corrected chi connectivity index (χ0v) is 13.4. The maximum Gasteiger partial charge on any atom is 0.161 e. The van der Waals surface area contributed by atoms with Crippen molar-refractivity contribution >= 4 is 15.9 Å². The number of ether oxygens (including phenoxy) is 2. The van der Waals surface area contributed by atoms with E-state index in [1.807, 2.05) is 0 Å². The minimum Gasteiger partial charge on any atom is -0.493 e. The summed E-state index contributed by atoms with van der Waals surface area (Å²) in [6.45, 7) is 1.77. The Kier molecular flexibility index (Phi) is 5.20. The minimum absolute atomic E-state index is 0.0929. The lowest BCUT2D eigenvalue weighted by atomic mass is 10.1. The summed E-state index contributed by atoms with van der Waals surface area (Å²) in [6, 6.07) is 9.85. The quantitative estimate of drug-likeness (QED) is 0.873. The summed E-state index contributed by atoms with van der Waals surface area (Å²) >= 11 is 3.30. The molecule has 0 amide bonds. The number of aliphatic hydroxyl groups is 1. The van der Waals surface area contributed by atoms with E-state index < -0.39 is 6.10 Å². The second-order valence-corrected chi connectivity index (χ2v) is 5.53. The molecule has 112 valence electrons. The first-order chi connectivity index (χ1) is 10.0. The number of hydrogen-bond acceptors (Lipinski definition) is 3. The first kappa shape index (κ1) is 15.8. The third kappa shape index (κ3) is 3.95. The summed E-state index contributed by atoms with van der Waals surface area (Å²) in [6.07, 6.45) is -0.588. The van der Waals surface area contributed by atoms with Gasteiger partial charge in [-0.2, -0.15) is 0 Å². The summed E-state index contributed by atoms with van der Waals surface area (Å²) in [5, 5.41) is 9.56. The van der Waals surface area contributed by atoms with Gasteiger partial charge in [0.05, 0.1) is 13.2 Å². The van der Waals surface area contributed by atoms with Gasteiger partial charge in [0.15, 0.2) is 11.5 Å². The molecule has 2 aromatic carbocycles. The first-order valence-electron chi connectivity index (χ1n) is 6.44. The van der Waals surface area contributed by atoms with Crippen molar-refractivity contribution in [2.45, 2.75) is 19.6 Å². The van der Waals surface area contributed by atoms with Gasteiger partial charge in [-0.25, -0.2) is 4.39 Å². The van der Waals surface area contributed by atoms with Crippen molar-refractivity contribution in [3.05, 3.63) is 57.8 Å². The van der Waals surface area contributed by atoms with Crippen LogP contribution in [-0.4, -0.2) is 12.2 Å². The second-order valence-electron chi connectivity index (χ2n) is 4.61. The van der Waals surface area contributed by atoms with Gasteiger partial charge < -0.3 is 14.6 Å². The number of hydrogen-bond donors (Lipinski definition) is 1. The van der Waals surface area contributed by atoms with Gasteiger partial charge >= 0.3 is 0 Å². The van der Waals surface area contributed by atoms with E-state index in [0.29, 0.717) is 17.1 Å². The van der Waals surface area contributed by atoms with Gasteiger partial charge in [-0.1, -0.05) is 22.0 Å². The molecule has 0 aliphatic heterocycles. The van der Waals surface area contributed by atoms with Crippen molar-refractivity contribution in [2.24, 2.45) is 0 Å². The Morgan fingerprint density at radius 2 is 1.95 bits per heavy atom. The summed E-state index contributed by atoms with van der Waals surface area (Å²) in [7, 11) is 1.52. The van der Waals surface area contributed by atoms with Gasteiger partial charge in [0.1, 0.15) is 12.4 Å². The Morgan fingerprint density at radius 3 is 2.62 bits per heavy atom. The summed E-state index contributed by atoms with van der Waals surface area (Å²) in [5.74, 6) is 0.683. The molecule has 0 heterocycles. The molecule has 0 bridgehead atoms. The van der Waals surface area contributed by atoms with Crippen LogP contribution in [-0.2, 0) is 6.61 Å². The van der Waals surface area contributed by atoms with Crippen LogP contribution in [0.4, 0.5) is 4.39 Å². The number of methoxy groups -OCH3 is 1. The highest BCUT2D eigenvalue weighted by Crippen LogP contribution is 2.31. The van der Waals surface area contributed by atoms with Crippen molar-refractivity contribution in [3.63, 3.8) is 0 Å². The summed E-state index contributed by atoms with van der Waals surface area (Å²) in [5.41, 5.74) is 1.18. The maximum atomic E-state index is 13.7. The molecule has 0 aliphatic carbocycles. The van der Waals surface area contributed by atoms with E-state index in [1.54, 1.807) is 37.3 Å². The van der Waals surface area contributed by atoms with E-state index in [2.05, 4.69) is 15.9 Å². The lowest BCUT2D eigenvalue weighted by Gasteiger charge is -2.13. The van der Waals surface area contributed by atoms with Gasteiger partial charge in [0.25, 0.3) is 0 Å². The molecule has 2 aromatic rings. The molecule has 2 rings (SSSR count). The average Bonchev–Trinajstić information content (AvgIpc) is 2.47. The van der Waals surface area contributed by atoms with E-state index in [9.17, 15) is 9.50 Å². The zero-order valence-electron chi connectivity index (χ0n) is 11.8. The Labute approximate surface area is 131 Å². The molecule has 1 N–H and O–H groups in total. The minimum atomic E-state index is -0.588. The van der Waals surface area contributed by atoms with E-state index in [-0.39, 0.29) is 12.4 Å². The lowest BCUT2D eigenvalue weighted by Crippen LogP contribution is -2.01. The van der Waals surface area contributed by atoms with E-state index in [4.69, 9.17) is 9.47 Å². The van der Waals surface area contributed by atoms with Crippen LogP contribution < -0.4 is 9.47 Å². The molecule has 5 heteroatoms. The van der Waals surface area contributed by atoms with Crippen LogP contribution in [0.5, 0.6) is 11.5 Å². The number of benzene rings is 2. The first-order valence-corrected chi connectivity index (χ1v) is 7.23. The Bertz CT molecular complexity index is 629. The van der Waals surface area contributed by atoms with E-state index >= 15 is 0 Å². The van der Waals surface area contributed by atoms with Gasteiger partial charge in [-0.3, -0.25) is 0 Å². The normalized spacial score (nSPS) is 12.0. The van der Waals surface area contributed by atoms with Crippen LogP contribution >= 0.6 is 15.9 Å². The predicted octanol–water partition coefficient (Wildman–Crippen LogP) is 4.23. The van der Waals surface area contributed by atoms with Crippen LogP contribution in [0.25, 0.3) is 0 Å². The highest BCUT2D eigenvalue weighted by molar-refractivity contribution is 9.10. The molecule has 1 unspecified atom stereocenters. The molecule has 0 fully saturated rings. The van der Waals surface area contributed by atoms with Gasteiger partial charge in [-0.15, -0.1) is 0 Å².